The number of hydrogen-bond acceptors (Lipinski definition) is 6. The van der Waals surface area contributed by atoms with Gasteiger partial charge in [0, 0.05) is 31.6 Å². The lowest BCUT2D eigenvalue weighted by atomic mass is 9.98. The smallest absolute Gasteiger partial charge is 0.262 e. The second kappa shape index (κ2) is 12.0. The molecule has 1 atom stereocenters. The van der Waals surface area contributed by atoms with Crippen molar-refractivity contribution in [2.24, 2.45) is 11.0 Å². The van der Waals surface area contributed by atoms with Gasteiger partial charge in [0.05, 0.1) is 32.6 Å². The van der Waals surface area contributed by atoms with E-state index in [4.69, 9.17) is 19.3 Å². The predicted molar refractivity (Wildman–Crippen MR) is 137 cm³/mol. The van der Waals surface area contributed by atoms with Gasteiger partial charge in [0.15, 0.2) is 0 Å². The molecule has 2 amide bonds. The van der Waals surface area contributed by atoms with E-state index in [1.807, 2.05) is 48.5 Å². The van der Waals surface area contributed by atoms with Crippen molar-refractivity contribution in [3.05, 3.63) is 59.7 Å². The zero-order valence-corrected chi connectivity index (χ0v) is 21.3. The van der Waals surface area contributed by atoms with E-state index in [0.29, 0.717) is 19.6 Å². The zero-order valence-electron chi connectivity index (χ0n) is 21.3. The molecule has 0 N–H and O–H groups in total. The first-order valence-electron chi connectivity index (χ1n) is 12.5. The molecule has 1 aliphatic carbocycles. The minimum atomic E-state index is -0.282. The van der Waals surface area contributed by atoms with Gasteiger partial charge < -0.3 is 19.1 Å². The highest BCUT2D eigenvalue weighted by Crippen LogP contribution is 2.34. The van der Waals surface area contributed by atoms with E-state index in [9.17, 15) is 9.59 Å². The van der Waals surface area contributed by atoms with Gasteiger partial charge in [-0.1, -0.05) is 37.1 Å². The zero-order chi connectivity index (χ0) is 25.5. The molecular weight excluding hydrogens is 458 g/mol. The van der Waals surface area contributed by atoms with Crippen LogP contribution in [0.1, 0.15) is 49.3 Å². The first-order chi connectivity index (χ1) is 17.5. The molecule has 1 heterocycles. The first-order valence-corrected chi connectivity index (χ1v) is 12.5. The lowest BCUT2D eigenvalue weighted by Crippen LogP contribution is -2.44. The van der Waals surface area contributed by atoms with E-state index >= 15 is 0 Å². The van der Waals surface area contributed by atoms with Crippen molar-refractivity contribution in [3.63, 3.8) is 0 Å². The molecule has 2 aliphatic rings. The normalized spacial score (nSPS) is 17.7. The molecule has 0 saturated heterocycles. The molecule has 2 aromatic carbocycles. The summed E-state index contributed by atoms with van der Waals surface area (Å²) >= 11 is 0. The number of methoxy groups -OCH3 is 3. The Labute approximate surface area is 212 Å². The Bertz CT molecular complexity index is 1080. The third-order valence-electron chi connectivity index (χ3n) is 6.98. The monoisotopic (exact) mass is 493 g/mol. The molecule has 1 fully saturated rings. The van der Waals surface area contributed by atoms with Crippen molar-refractivity contribution in [1.29, 1.82) is 0 Å². The second-order valence-corrected chi connectivity index (χ2v) is 9.24. The highest BCUT2D eigenvalue weighted by molar-refractivity contribution is 6.03. The van der Waals surface area contributed by atoms with E-state index in [0.717, 1.165) is 54.0 Å². The summed E-state index contributed by atoms with van der Waals surface area (Å²) in [6.07, 6.45) is 4.43. The van der Waals surface area contributed by atoms with Crippen molar-refractivity contribution in [1.82, 2.24) is 9.91 Å². The van der Waals surface area contributed by atoms with Gasteiger partial charge in [-0.05, 0) is 42.7 Å². The predicted octanol–water partition coefficient (Wildman–Crippen LogP) is 4.05. The maximum atomic E-state index is 13.7. The maximum Gasteiger partial charge on any atom is 0.262 e. The topological polar surface area (TPSA) is 80.7 Å². The molecule has 4 rings (SSSR count). The van der Waals surface area contributed by atoms with Crippen LogP contribution in [0.25, 0.3) is 0 Å². The number of nitrogens with zero attached hydrogens (tertiary/aromatic N) is 3. The quantitative estimate of drug-likeness (QED) is 0.499. The Morgan fingerprint density at radius 1 is 1.00 bits per heavy atom. The van der Waals surface area contributed by atoms with Crippen molar-refractivity contribution < 1.29 is 23.8 Å². The minimum Gasteiger partial charge on any atom is -0.497 e. The van der Waals surface area contributed by atoms with Gasteiger partial charge in [0.1, 0.15) is 18.0 Å². The third-order valence-corrected chi connectivity index (χ3v) is 6.98. The second-order valence-electron chi connectivity index (χ2n) is 9.24. The van der Waals surface area contributed by atoms with Crippen molar-refractivity contribution >= 4 is 17.5 Å². The van der Waals surface area contributed by atoms with E-state index in [1.165, 1.54) is 0 Å². The molecule has 0 spiro atoms. The van der Waals surface area contributed by atoms with E-state index in [2.05, 4.69) is 0 Å². The summed E-state index contributed by atoms with van der Waals surface area (Å²) < 4.78 is 15.9. The minimum absolute atomic E-state index is 0.0125. The molecule has 1 saturated carbocycles. The van der Waals surface area contributed by atoms with Crippen LogP contribution in [0.15, 0.2) is 53.6 Å². The fraction of sp³-hybridized carbons (Fsp3) is 0.464. The SMILES string of the molecule is COCCN(CC(=O)N1N=C(c2cccc(OC)c2)C[C@H]1c1ccc(OC)cc1)C(=O)C1CCCC1. The van der Waals surface area contributed by atoms with Crippen molar-refractivity contribution in [2.75, 3.05) is 41.0 Å². The van der Waals surface area contributed by atoms with Crippen LogP contribution in [0, 0.1) is 5.92 Å². The fourth-order valence-corrected chi connectivity index (χ4v) is 4.94. The van der Waals surface area contributed by atoms with Crippen LogP contribution in [0.4, 0.5) is 0 Å². The van der Waals surface area contributed by atoms with Gasteiger partial charge in [-0.15, -0.1) is 0 Å². The average molecular weight is 494 g/mol. The van der Waals surface area contributed by atoms with Crippen LogP contribution >= 0.6 is 0 Å². The lowest BCUT2D eigenvalue weighted by molar-refractivity contribution is -0.144. The van der Waals surface area contributed by atoms with E-state index in [-0.39, 0.29) is 30.3 Å². The molecule has 8 heteroatoms. The van der Waals surface area contributed by atoms with Crippen molar-refractivity contribution in [2.45, 2.75) is 38.1 Å². The molecular formula is C28H35N3O5. The molecule has 0 bridgehead atoms. The van der Waals surface area contributed by atoms with Crippen LogP contribution in [-0.2, 0) is 14.3 Å². The van der Waals surface area contributed by atoms with E-state index < -0.39 is 0 Å². The lowest BCUT2D eigenvalue weighted by Gasteiger charge is -2.28. The molecule has 0 unspecified atom stereocenters. The molecule has 192 valence electrons. The van der Waals surface area contributed by atoms with Crippen molar-refractivity contribution in [3.8, 4) is 11.5 Å². The van der Waals surface area contributed by atoms with Crippen LogP contribution in [0.5, 0.6) is 11.5 Å². The number of amides is 2. The summed E-state index contributed by atoms with van der Waals surface area (Å²) in [6.45, 7) is 0.733. The number of carbonyl (C=O) groups excluding carboxylic acids is 2. The Morgan fingerprint density at radius 2 is 1.72 bits per heavy atom. The molecule has 36 heavy (non-hydrogen) atoms. The van der Waals surface area contributed by atoms with Gasteiger partial charge in [-0.25, -0.2) is 5.01 Å². The average Bonchev–Trinajstić information content (AvgIpc) is 3.62. The summed E-state index contributed by atoms with van der Waals surface area (Å²) in [5.74, 6) is 1.29. The number of benzene rings is 2. The molecule has 8 nitrogen and oxygen atoms in total. The number of ether oxygens (including phenoxy) is 3. The molecule has 0 aromatic heterocycles. The van der Waals surface area contributed by atoms with E-state index in [1.54, 1.807) is 31.2 Å². The van der Waals surface area contributed by atoms with Crippen LogP contribution in [0.3, 0.4) is 0 Å². The van der Waals surface area contributed by atoms with Crippen LogP contribution in [0.2, 0.25) is 0 Å². The summed E-state index contributed by atoms with van der Waals surface area (Å²) in [4.78, 5) is 28.5. The van der Waals surface area contributed by atoms with Gasteiger partial charge in [-0.3, -0.25) is 9.59 Å². The Hall–Kier alpha value is -3.39. The summed E-state index contributed by atoms with van der Waals surface area (Å²) in [5, 5.41) is 6.31. The number of hydrogen-bond donors (Lipinski definition) is 0. The van der Waals surface area contributed by atoms with Gasteiger partial charge >= 0.3 is 0 Å². The maximum absolute atomic E-state index is 13.7. The van der Waals surface area contributed by atoms with Crippen LogP contribution < -0.4 is 9.47 Å². The van der Waals surface area contributed by atoms with Gasteiger partial charge in [0.2, 0.25) is 5.91 Å². The highest BCUT2D eigenvalue weighted by atomic mass is 16.5. The number of rotatable bonds is 10. The summed E-state index contributed by atoms with van der Waals surface area (Å²) in [5.41, 5.74) is 2.66. The third kappa shape index (κ3) is 5.87. The number of carbonyl (C=O) groups is 2. The Kier molecular flexibility index (Phi) is 8.59. The molecule has 0 radical (unpaired) electrons. The first kappa shape index (κ1) is 25.7. The standard InChI is InChI=1S/C28H35N3O5/c1-34-16-15-30(28(33)21-7-4-5-8-21)19-27(32)31-26(20-11-13-23(35-2)14-12-20)18-25(29-31)22-9-6-10-24(17-22)36-3/h6,9-14,17,21,26H,4-5,7-8,15-16,18-19H2,1-3H3/t26-/m0/s1. The summed E-state index contributed by atoms with van der Waals surface area (Å²) in [6, 6.07) is 15.1. The van der Waals surface area contributed by atoms with Gasteiger partial charge in [0.25, 0.3) is 5.91 Å². The molecule has 2 aromatic rings. The number of hydrazone groups is 1. The Morgan fingerprint density at radius 3 is 2.39 bits per heavy atom. The summed E-state index contributed by atoms with van der Waals surface area (Å²) in [7, 11) is 4.85. The van der Waals surface area contributed by atoms with Crippen LogP contribution in [-0.4, -0.2) is 68.5 Å². The Balaban J connectivity index is 1.61. The highest BCUT2D eigenvalue weighted by Gasteiger charge is 2.35. The fourth-order valence-electron chi connectivity index (χ4n) is 4.94. The largest absolute Gasteiger partial charge is 0.497 e. The molecule has 1 aliphatic heterocycles. The van der Waals surface area contributed by atoms with Gasteiger partial charge in [-0.2, -0.15) is 5.10 Å².